The van der Waals surface area contributed by atoms with Crippen molar-refractivity contribution in [3.8, 4) is 5.75 Å². The number of hydrogen-bond donors (Lipinski definition) is 0. The van der Waals surface area contributed by atoms with Crippen LogP contribution in [0.25, 0.3) is 0 Å². The summed E-state index contributed by atoms with van der Waals surface area (Å²) in [7, 11) is 7.42. The molecule has 0 amide bonds. The summed E-state index contributed by atoms with van der Waals surface area (Å²) in [5.41, 5.74) is 2.09. The molecule has 8 heteroatoms. The molecule has 0 atom stereocenters. The summed E-state index contributed by atoms with van der Waals surface area (Å²) in [6.45, 7) is 3.96. The molecule has 3 rings (SSSR count). The molecule has 0 saturated carbocycles. The Labute approximate surface area is 194 Å². The lowest BCUT2D eigenvalue weighted by molar-refractivity contribution is 0.413. The Hall–Kier alpha value is -3.39. The van der Waals surface area contributed by atoms with Gasteiger partial charge in [0.1, 0.15) is 5.75 Å². The van der Waals surface area contributed by atoms with Crippen molar-refractivity contribution in [1.29, 1.82) is 0 Å². The highest BCUT2D eigenvalue weighted by molar-refractivity contribution is 5.32. The van der Waals surface area contributed by atoms with E-state index >= 15 is 0 Å². The zero-order valence-corrected chi connectivity index (χ0v) is 20.1. The molecular formula is C25H33N5O3. The lowest BCUT2D eigenvalue weighted by Crippen LogP contribution is -2.45. The number of rotatable bonds is 10. The monoisotopic (exact) mass is 451 g/mol. The van der Waals surface area contributed by atoms with E-state index in [1.54, 1.807) is 11.7 Å². The molecule has 0 unspecified atom stereocenters. The number of methoxy groups -OCH3 is 1. The molecule has 3 aromatic rings. The molecule has 0 N–H and O–H groups in total. The summed E-state index contributed by atoms with van der Waals surface area (Å²) in [5.74, 6) is 1.10. The van der Waals surface area contributed by atoms with Crippen LogP contribution in [0.5, 0.6) is 5.75 Å². The number of nitrogens with zero attached hydrogens (tertiary/aromatic N) is 5. The van der Waals surface area contributed by atoms with Gasteiger partial charge in [-0.3, -0.25) is 4.57 Å². The molecule has 176 valence electrons. The van der Waals surface area contributed by atoms with E-state index in [9.17, 15) is 9.59 Å². The van der Waals surface area contributed by atoms with Crippen LogP contribution < -0.4 is 21.0 Å². The number of ether oxygens (including phenoxy) is 1. The first kappa shape index (κ1) is 24.3. The molecule has 0 aliphatic heterocycles. The van der Waals surface area contributed by atoms with Crippen LogP contribution in [0.3, 0.4) is 0 Å². The van der Waals surface area contributed by atoms with Crippen LogP contribution >= 0.6 is 0 Å². The number of aryl methyl sites for hydroxylation is 1. The Bertz CT molecular complexity index is 1160. The minimum atomic E-state index is -0.544. The zero-order chi connectivity index (χ0) is 24.0. The molecule has 0 saturated heterocycles. The second-order valence-electron chi connectivity index (χ2n) is 8.39. The van der Waals surface area contributed by atoms with Gasteiger partial charge in [0.25, 0.3) is 0 Å². The summed E-state index contributed by atoms with van der Waals surface area (Å²) in [5, 5.41) is 0. The molecular weight excluding hydrogens is 418 g/mol. The summed E-state index contributed by atoms with van der Waals surface area (Å²) in [4.78, 5) is 34.7. The molecule has 0 aliphatic rings. The maximum absolute atomic E-state index is 13.5. The van der Waals surface area contributed by atoms with Crippen molar-refractivity contribution in [2.75, 3.05) is 46.2 Å². The van der Waals surface area contributed by atoms with Crippen LogP contribution in [0.15, 0.2) is 58.1 Å². The minimum Gasteiger partial charge on any atom is -0.497 e. The molecule has 33 heavy (non-hydrogen) atoms. The van der Waals surface area contributed by atoms with E-state index in [-0.39, 0.29) is 12.2 Å². The van der Waals surface area contributed by atoms with Gasteiger partial charge >= 0.3 is 11.4 Å². The van der Waals surface area contributed by atoms with Crippen molar-refractivity contribution < 1.29 is 4.74 Å². The smallest absolute Gasteiger partial charge is 0.355 e. The second-order valence-corrected chi connectivity index (χ2v) is 8.39. The van der Waals surface area contributed by atoms with Gasteiger partial charge < -0.3 is 14.5 Å². The summed E-state index contributed by atoms with van der Waals surface area (Å²) in [6.07, 6.45) is 0.935. The lowest BCUT2D eigenvalue weighted by Gasteiger charge is -2.24. The molecule has 0 radical (unpaired) electrons. The Kier molecular flexibility index (Phi) is 8.06. The zero-order valence-electron chi connectivity index (χ0n) is 20.1. The van der Waals surface area contributed by atoms with Crippen LogP contribution in [-0.2, 0) is 19.5 Å². The van der Waals surface area contributed by atoms with Crippen LogP contribution in [0.2, 0.25) is 0 Å². The fourth-order valence-corrected chi connectivity index (χ4v) is 3.51. The fraction of sp³-hybridized carbons (Fsp3) is 0.400. The predicted molar refractivity (Wildman–Crippen MR) is 132 cm³/mol. The number of benzene rings is 2. The Morgan fingerprint density at radius 1 is 0.818 bits per heavy atom. The standard InChI is InChI=1S/C25H33N5O3/c1-6-19-7-9-20(10-8-19)18-30-24(31)26-23(28(4)16-15-27(2)3)29(25(30)32)17-21-11-13-22(33-5)14-12-21/h7-14H,6,15-18H2,1-5H3. The molecule has 1 heterocycles. The van der Waals surface area contributed by atoms with Gasteiger partial charge in [-0.2, -0.15) is 4.98 Å². The van der Waals surface area contributed by atoms with Gasteiger partial charge in [-0.05, 0) is 49.3 Å². The van der Waals surface area contributed by atoms with E-state index in [4.69, 9.17) is 4.74 Å². The van der Waals surface area contributed by atoms with Gasteiger partial charge in [0.05, 0.1) is 20.2 Å². The lowest BCUT2D eigenvalue weighted by atomic mass is 10.1. The van der Waals surface area contributed by atoms with Crippen molar-refractivity contribution in [2.24, 2.45) is 0 Å². The van der Waals surface area contributed by atoms with Gasteiger partial charge in [-0.15, -0.1) is 0 Å². The third-order valence-corrected chi connectivity index (χ3v) is 5.63. The predicted octanol–water partition coefficient (Wildman–Crippen LogP) is 2.07. The van der Waals surface area contributed by atoms with Gasteiger partial charge in [0, 0.05) is 20.1 Å². The van der Waals surface area contributed by atoms with E-state index in [0.29, 0.717) is 19.0 Å². The Morgan fingerprint density at radius 2 is 1.36 bits per heavy atom. The molecule has 1 aromatic heterocycles. The Morgan fingerprint density at radius 3 is 1.91 bits per heavy atom. The second kappa shape index (κ2) is 11.0. The third kappa shape index (κ3) is 6.10. The number of anilines is 1. The van der Waals surface area contributed by atoms with Gasteiger partial charge in [-0.25, -0.2) is 14.2 Å². The molecule has 0 fully saturated rings. The van der Waals surface area contributed by atoms with E-state index in [1.807, 2.05) is 79.5 Å². The Balaban J connectivity index is 2.02. The van der Waals surface area contributed by atoms with Crippen molar-refractivity contribution in [3.05, 3.63) is 86.2 Å². The largest absolute Gasteiger partial charge is 0.497 e. The third-order valence-electron chi connectivity index (χ3n) is 5.63. The number of likely N-dealkylation sites (N-methyl/N-ethyl adjacent to an activating group) is 2. The van der Waals surface area contributed by atoms with Crippen molar-refractivity contribution >= 4 is 5.95 Å². The van der Waals surface area contributed by atoms with Gasteiger partial charge in [0.15, 0.2) is 0 Å². The summed E-state index contributed by atoms with van der Waals surface area (Å²) in [6, 6.07) is 15.5. The highest BCUT2D eigenvalue weighted by Gasteiger charge is 2.17. The van der Waals surface area contributed by atoms with Crippen LogP contribution in [0.4, 0.5) is 5.95 Å². The molecule has 0 bridgehead atoms. The van der Waals surface area contributed by atoms with Crippen molar-refractivity contribution in [2.45, 2.75) is 26.4 Å². The van der Waals surface area contributed by atoms with Crippen LogP contribution in [0, 0.1) is 0 Å². The summed E-state index contributed by atoms with van der Waals surface area (Å²) < 4.78 is 8.01. The van der Waals surface area contributed by atoms with E-state index < -0.39 is 5.69 Å². The fourth-order valence-electron chi connectivity index (χ4n) is 3.51. The van der Waals surface area contributed by atoms with Gasteiger partial charge in [0.2, 0.25) is 5.95 Å². The number of aromatic nitrogens is 3. The van der Waals surface area contributed by atoms with Crippen molar-refractivity contribution in [3.63, 3.8) is 0 Å². The SMILES string of the molecule is CCc1ccc(Cn2c(=O)nc(N(C)CCN(C)C)n(Cc3ccc(OC)cc3)c2=O)cc1. The topological polar surface area (TPSA) is 72.6 Å². The van der Waals surface area contributed by atoms with Crippen molar-refractivity contribution in [1.82, 2.24) is 19.0 Å². The average Bonchev–Trinajstić information content (AvgIpc) is 2.82. The molecule has 0 spiro atoms. The van der Waals surface area contributed by atoms with Gasteiger partial charge in [-0.1, -0.05) is 43.3 Å². The van der Waals surface area contributed by atoms with Crippen LogP contribution in [0.1, 0.15) is 23.6 Å². The summed E-state index contributed by atoms with van der Waals surface area (Å²) >= 11 is 0. The molecule has 2 aromatic carbocycles. The van der Waals surface area contributed by atoms with E-state index in [2.05, 4.69) is 11.9 Å². The quantitative estimate of drug-likeness (QED) is 0.470. The maximum atomic E-state index is 13.5. The molecule has 8 nitrogen and oxygen atoms in total. The highest BCUT2D eigenvalue weighted by Crippen LogP contribution is 2.14. The van der Waals surface area contributed by atoms with E-state index in [1.165, 1.54) is 10.1 Å². The highest BCUT2D eigenvalue weighted by atomic mass is 16.5. The molecule has 0 aliphatic carbocycles. The normalized spacial score (nSPS) is 11.1. The average molecular weight is 452 g/mol. The minimum absolute atomic E-state index is 0.180. The first-order valence-electron chi connectivity index (χ1n) is 11.1. The van der Waals surface area contributed by atoms with Crippen LogP contribution in [-0.4, -0.2) is 60.4 Å². The first-order chi connectivity index (χ1) is 15.8. The number of hydrogen-bond acceptors (Lipinski definition) is 6. The first-order valence-corrected chi connectivity index (χ1v) is 11.1. The van der Waals surface area contributed by atoms with E-state index in [0.717, 1.165) is 29.8 Å². The maximum Gasteiger partial charge on any atom is 0.355 e.